The van der Waals surface area contributed by atoms with E-state index in [1.807, 2.05) is 24.3 Å². The van der Waals surface area contributed by atoms with Gasteiger partial charge in [-0.25, -0.2) is 4.39 Å². The van der Waals surface area contributed by atoms with Crippen molar-refractivity contribution < 1.29 is 14.0 Å². The van der Waals surface area contributed by atoms with Crippen LogP contribution in [0.5, 0.6) is 0 Å². The highest BCUT2D eigenvalue weighted by atomic mass is 35.5. The molecule has 0 radical (unpaired) electrons. The number of thioether (sulfide) groups is 1. The molecule has 7 heteroatoms. The van der Waals surface area contributed by atoms with Gasteiger partial charge in [-0.2, -0.15) is 0 Å². The Kier molecular flexibility index (Phi) is 7.42. The first kappa shape index (κ1) is 22.6. The van der Waals surface area contributed by atoms with Crippen molar-refractivity contribution in [2.24, 2.45) is 11.8 Å². The molecular formula is C23H26ClFN2O2S. The Hall–Kier alpha value is -2.05. The minimum Gasteiger partial charge on any atom is -0.356 e. The van der Waals surface area contributed by atoms with Crippen molar-refractivity contribution in [3.63, 3.8) is 0 Å². The zero-order valence-electron chi connectivity index (χ0n) is 17.3. The Morgan fingerprint density at radius 2 is 1.97 bits per heavy atom. The van der Waals surface area contributed by atoms with Crippen LogP contribution in [0.2, 0.25) is 5.02 Å². The van der Waals surface area contributed by atoms with Crippen molar-refractivity contribution in [3.05, 3.63) is 58.9 Å². The van der Waals surface area contributed by atoms with Gasteiger partial charge in [0.1, 0.15) is 11.1 Å². The summed E-state index contributed by atoms with van der Waals surface area (Å²) in [6.45, 7) is 6.81. The summed E-state index contributed by atoms with van der Waals surface area (Å²) >= 11 is 7.63. The van der Waals surface area contributed by atoms with E-state index in [9.17, 15) is 14.0 Å². The molecule has 2 aromatic carbocycles. The van der Waals surface area contributed by atoms with Crippen LogP contribution in [0.1, 0.15) is 32.8 Å². The van der Waals surface area contributed by atoms with Crippen LogP contribution in [-0.2, 0) is 16.1 Å². The number of nitrogens with one attached hydrogen (secondary N) is 1. The number of hydrogen-bond acceptors (Lipinski definition) is 3. The number of hydrogen-bond donors (Lipinski definition) is 1. The lowest BCUT2D eigenvalue weighted by atomic mass is 10.0. The van der Waals surface area contributed by atoms with Gasteiger partial charge in [-0.15, -0.1) is 11.8 Å². The van der Waals surface area contributed by atoms with Gasteiger partial charge in [0, 0.05) is 16.5 Å². The second kappa shape index (κ2) is 9.84. The summed E-state index contributed by atoms with van der Waals surface area (Å²) < 4.78 is 13.4. The van der Waals surface area contributed by atoms with E-state index in [1.54, 1.807) is 17.9 Å². The zero-order valence-corrected chi connectivity index (χ0v) is 18.9. The molecular weight excluding hydrogens is 423 g/mol. The maximum absolute atomic E-state index is 13.4. The van der Waals surface area contributed by atoms with Gasteiger partial charge < -0.3 is 10.2 Å². The van der Waals surface area contributed by atoms with E-state index in [1.165, 1.54) is 23.9 Å². The second-order valence-corrected chi connectivity index (χ2v) is 9.52. The SMILES string of the molecule is CC(C)CCNC(=O)[C@@H](C)[C@H]1Sc2ccccc2N(Cc2ccc(F)cc2Cl)C1=O. The van der Waals surface area contributed by atoms with Crippen LogP contribution >= 0.6 is 23.4 Å². The molecule has 1 aliphatic heterocycles. The number of halogens is 2. The normalized spacial score (nSPS) is 17.1. The predicted molar refractivity (Wildman–Crippen MR) is 120 cm³/mol. The molecule has 4 nitrogen and oxygen atoms in total. The third-order valence-electron chi connectivity index (χ3n) is 5.15. The lowest BCUT2D eigenvalue weighted by Crippen LogP contribution is -2.47. The first-order valence-electron chi connectivity index (χ1n) is 10.1. The summed E-state index contributed by atoms with van der Waals surface area (Å²) in [5.41, 5.74) is 1.43. The topological polar surface area (TPSA) is 49.4 Å². The van der Waals surface area contributed by atoms with Crippen LogP contribution < -0.4 is 10.2 Å². The van der Waals surface area contributed by atoms with Crippen molar-refractivity contribution >= 4 is 40.9 Å². The van der Waals surface area contributed by atoms with Crippen molar-refractivity contribution in [3.8, 4) is 0 Å². The van der Waals surface area contributed by atoms with Crippen LogP contribution in [0.3, 0.4) is 0 Å². The maximum atomic E-state index is 13.4. The van der Waals surface area contributed by atoms with Gasteiger partial charge in [0.05, 0.1) is 18.2 Å². The average Bonchev–Trinajstić information content (AvgIpc) is 2.70. The Bertz CT molecular complexity index is 937. The number of nitrogens with zero attached hydrogens (tertiary/aromatic N) is 1. The molecule has 2 aromatic rings. The van der Waals surface area contributed by atoms with E-state index < -0.39 is 17.0 Å². The number of benzene rings is 2. The minimum absolute atomic E-state index is 0.124. The van der Waals surface area contributed by atoms with Crippen LogP contribution in [0, 0.1) is 17.7 Å². The summed E-state index contributed by atoms with van der Waals surface area (Å²) in [5.74, 6) is -0.691. The Morgan fingerprint density at radius 1 is 1.23 bits per heavy atom. The third kappa shape index (κ3) is 5.16. The van der Waals surface area contributed by atoms with E-state index in [0.717, 1.165) is 17.0 Å². The molecule has 0 aliphatic carbocycles. The maximum Gasteiger partial charge on any atom is 0.241 e. The number of amides is 2. The highest BCUT2D eigenvalue weighted by Gasteiger charge is 2.39. The van der Waals surface area contributed by atoms with E-state index in [2.05, 4.69) is 19.2 Å². The number of fused-ring (bicyclic) bond motifs is 1. The summed E-state index contributed by atoms with van der Waals surface area (Å²) in [6.07, 6.45) is 0.891. The number of carbonyl (C=O) groups excluding carboxylic acids is 2. The number of para-hydroxylation sites is 1. The molecule has 160 valence electrons. The van der Waals surface area contributed by atoms with E-state index in [0.29, 0.717) is 18.0 Å². The fraction of sp³-hybridized carbons (Fsp3) is 0.391. The van der Waals surface area contributed by atoms with E-state index in [4.69, 9.17) is 11.6 Å². The van der Waals surface area contributed by atoms with Crippen molar-refractivity contribution in [2.45, 2.75) is 43.9 Å². The summed E-state index contributed by atoms with van der Waals surface area (Å²) in [7, 11) is 0. The lowest BCUT2D eigenvalue weighted by molar-refractivity contribution is -0.128. The highest BCUT2D eigenvalue weighted by Crippen LogP contribution is 2.42. The predicted octanol–water partition coefficient (Wildman–Crippen LogP) is 5.29. The molecule has 0 saturated heterocycles. The number of anilines is 1. The Morgan fingerprint density at radius 3 is 2.67 bits per heavy atom. The average molecular weight is 449 g/mol. The molecule has 1 heterocycles. The van der Waals surface area contributed by atoms with Gasteiger partial charge in [0.15, 0.2) is 0 Å². The number of rotatable bonds is 7. The molecule has 0 saturated carbocycles. The number of carbonyl (C=O) groups is 2. The van der Waals surface area contributed by atoms with Gasteiger partial charge in [-0.1, -0.05) is 50.6 Å². The van der Waals surface area contributed by atoms with Crippen LogP contribution in [-0.4, -0.2) is 23.6 Å². The first-order chi connectivity index (χ1) is 14.3. The molecule has 2 atom stereocenters. The quantitative estimate of drug-likeness (QED) is 0.626. The summed E-state index contributed by atoms with van der Waals surface area (Å²) in [6, 6.07) is 11.8. The van der Waals surface area contributed by atoms with Gasteiger partial charge in [0.2, 0.25) is 11.8 Å². The molecule has 0 bridgehead atoms. The first-order valence-corrected chi connectivity index (χ1v) is 11.3. The van der Waals surface area contributed by atoms with Gasteiger partial charge >= 0.3 is 0 Å². The second-order valence-electron chi connectivity index (χ2n) is 7.93. The molecule has 1 N–H and O–H groups in total. The molecule has 0 spiro atoms. The van der Waals surface area contributed by atoms with E-state index in [-0.39, 0.29) is 23.4 Å². The minimum atomic E-state index is -0.543. The summed E-state index contributed by atoms with van der Waals surface area (Å²) in [4.78, 5) is 28.7. The van der Waals surface area contributed by atoms with E-state index >= 15 is 0 Å². The van der Waals surface area contributed by atoms with Gasteiger partial charge in [0.25, 0.3) is 0 Å². The molecule has 0 aromatic heterocycles. The largest absolute Gasteiger partial charge is 0.356 e. The Balaban J connectivity index is 1.84. The fourth-order valence-corrected chi connectivity index (χ4v) is 4.83. The smallest absolute Gasteiger partial charge is 0.241 e. The third-order valence-corrected chi connectivity index (χ3v) is 6.97. The molecule has 0 unspecified atom stereocenters. The summed E-state index contributed by atoms with van der Waals surface area (Å²) in [5, 5.41) is 2.68. The van der Waals surface area contributed by atoms with Crippen LogP contribution in [0.25, 0.3) is 0 Å². The van der Waals surface area contributed by atoms with Crippen LogP contribution in [0.15, 0.2) is 47.4 Å². The van der Waals surface area contributed by atoms with Crippen molar-refractivity contribution in [1.82, 2.24) is 5.32 Å². The molecule has 1 aliphatic rings. The lowest BCUT2D eigenvalue weighted by Gasteiger charge is -2.36. The van der Waals surface area contributed by atoms with Gasteiger partial charge in [-0.05, 0) is 42.2 Å². The zero-order chi connectivity index (χ0) is 21.8. The molecule has 3 rings (SSSR count). The molecule has 0 fully saturated rings. The Labute approximate surface area is 186 Å². The van der Waals surface area contributed by atoms with Crippen molar-refractivity contribution in [2.75, 3.05) is 11.4 Å². The van der Waals surface area contributed by atoms with Crippen molar-refractivity contribution in [1.29, 1.82) is 0 Å². The monoisotopic (exact) mass is 448 g/mol. The highest BCUT2D eigenvalue weighted by molar-refractivity contribution is 8.01. The van der Waals surface area contributed by atoms with Crippen LogP contribution in [0.4, 0.5) is 10.1 Å². The molecule has 30 heavy (non-hydrogen) atoms. The standard InChI is InChI=1S/C23H26ClFN2O2S/c1-14(2)10-11-26-22(28)15(3)21-23(29)27(19-6-4-5-7-20(19)30-21)13-16-8-9-17(25)12-18(16)24/h4-9,12,14-15,21H,10-11,13H2,1-3H3,(H,26,28)/t15-,21+/m0/s1. The molecule has 2 amide bonds. The fourth-order valence-electron chi connectivity index (χ4n) is 3.32. The van der Waals surface area contributed by atoms with Gasteiger partial charge in [-0.3, -0.25) is 9.59 Å².